The van der Waals surface area contributed by atoms with E-state index in [1.807, 2.05) is 18.7 Å². The predicted molar refractivity (Wildman–Crippen MR) is 129 cm³/mol. The Morgan fingerprint density at radius 3 is 2.58 bits per heavy atom. The summed E-state index contributed by atoms with van der Waals surface area (Å²) in [7, 11) is -3.78. The first-order valence-electron chi connectivity index (χ1n) is 10.7. The van der Waals surface area contributed by atoms with E-state index in [1.165, 1.54) is 0 Å². The lowest BCUT2D eigenvalue weighted by Gasteiger charge is -2.32. The van der Waals surface area contributed by atoms with E-state index in [9.17, 15) is 18.5 Å². The molecule has 2 aromatic rings. The highest BCUT2D eigenvalue weighted by atomic mass is 32.2. The first-order chi connectivity index (χ1) is 15.7. The summed E-state index contributed by atoms with van der Waals surface area (Å²) in [4.78, 5) is 19.1. The number of aryl methyl sites for hydroxylation is 1. The summed E-state index contributed by atoms with van der Waals surface area (Å²) in [5.74, 6) is -0.632. The average Bonchev–Trinajstić information content (AvgIpc) is 2.79. The highest BCUT2D eigenvalue weighted by Crippen LogP contribution is 2.27. The van der Waals surface area contributed by atoms with Crippen LogP contribution in [0, 0.1) is 24.2 Å². The quantitative estimate of drug-likeness (QED) is 0.595. The van der Waals surface area contributed by atoms with E-state index in [1.54, 1.807) is 36.4 Å². The molecule has 0 saturated carbocycles. The van der Waals surface area contributed by atoms with Crippen LogP contribution < -0.4 is 9.62 Å². The van der Waals surface area contributed by atoms with Crippen molar-refractivity contribution in [3.63, 3.8) is 0 Å². The number of nitriles is 1. The second-order valence-corrected chi connectivity index (χ2v) is 9.89. The number of piperidine rings is 1. The minimum Gasteiger partial charge on any atom is -0.483 e. The summed E-state index contributed by atoms with van der Waals surface area (Å²) >= 11 is 5.26. The Labute approximate surface area is 199 Å². The van der Waals surface area contributed by atoms with Crippen LogP contribution in [0.3, 0.4) is 0 Å². The molecule has 0 radical (unpaired) electrons. The highest BCUT2D eigenvalue weighted by molar-refractivity contribution is 7.89. The number of amides is 1. The summed E-state index contributed by atoms with van der Waals surface area (Å²) in [5.41, 5.74) is 2.27. The van der Waals surface area contributed by atoms with Crippen LogP contribution in [0.5, 0.6) is 0 Å². The molecule has 1 amide bonds. The van der Waals surface area contributed by atoms with E-state index in [4.69, 9.17) is 17.0 Å². The molecule has 0 aliphatic carbocycles. The van der Waals surface area contributed by atoms with Crippen LogP contribution in [0.25, 0.3) is 0 Å². The molecular formula is C23H26N4O4S2. The van der Waals surface area contributed by atoms with Crippen molar-refractivity contribution in [1.82, 2.24) is 9.71 Å². The topological polar surface area (TPSA) is 112 Å². The predicted octanol–water partition coefficient (Wildman–Crippen LogP) is 2.84. The normalized spacial score (nSPS) is 14.4. The molecule has 8 nitrogen and oxygen atoms in total. The third-order valence-corrected chi connectivity index (χ3v) is 6.99. The largest absolute Gasteiger partial charge is 0.483 e. The summed E-state index contributed by atoms with van der Waals surface area (Å²) in [6, 6.07) is 12.6. The van der Waals surface area contributed by atoms with E-state index in [-0.39, 0.29) is 5.75 Å². The van der Waals surface area contributed by atoms with Crippen molar-refractivity contribution in [2.45, 2.75) is 32.4 Å². The van der Waals surface area contributed by atoms with E-state index < -0.39 is 21.8 Å². The van der Waals surface area contributed by atoms with Crippen LogP contribution in [0.2, 0.25) is 0 Å². The SMILES string of the molecule is CCOC(=S)c1cc(C#N)c(N2CCC(C(=O)NS(=O)(=O)Cc3ccccc3)CC2)nc1C. The first-order valence-corrected chi connectivity index (χ1v) is 12.7. The number of nitrogens with one attached hydrogen (secondary N) is 1. The minimum absolute atomic E-state index is 0.247. The molecule has 1 aliphatic rings. The molecule has 1 aromatic heterocycles. The molecule has 1 fully saturated rings. The second-order valence-electron chi connectivity index (χ2n) is 7.80. The van der Waals surface area contributed by atoms with Crippen molar-refractivity contribution in [1.29, 1.82) is 5.26 Å². The van der Waals surface area contributed by atoms with Crippen LogP contribution in [0.15, 0.2) is 36.4 Å². The molecule has 33 heavy (non-hydrogen) atoms. The summed E-state index contributed by atoms with van der Waals surface area (Å²) < 4.78 is 32.4. The number of carbonyl (C=O) groups excluding carboxylic acids is 1. The van der Waals surface area contributed by atoms with Crippen LogP contribution in [0.4, 0.5) is 5.82 Å². The third-order valence-electron chi connectivity index (χ3n) is 5.43. The van der Waals surface area contributed by atoms with Gasteiger partial charge in [0.05, 0.1) is 29.2 Å². The van der Waals surface area contributed by atoms with Gasteiger partial charge in [-0.15, -0.1) is 0 Å². The van der Waals surface area contributed by atoms with Crippen LogP contribution in [-0.2, 0) is 25.3 Å². The van der Waals surface area contributed by atoms with Crippen LogP contribution in [0.1, 0.15) is 42.1 Å². The number of sulfonamides is 1. The number of hydrogen-bond donors (Lipinski definition) is 1. The Morgan fingerprint density at radius 1 is 1.30 bits per heavy atom. The second kappa shape index (κ2) is 10.7. The number of nitrogens with zero attached hydrogens (tertiary/aromatic N) is 3. The fraction of sp³-hybridized carbons (Fsp3) is 0.391. The van der Waals surface area contributed by atoms with Gasteiger partial charge < -0.3 is 9.64 Å². The summed E-state index contributed by atoms with van der Waals surface area (Å²) in [6.45, 7) is 5.03. The van der Waals surface area contributed by atoms with Crippen molar-refractivity contribution in [3.05, 3.63) is 58.8 Å². The number of ether oxygens (including phenoxy) is 1. The van der Waals surface area contributed by atoms with Gasteiger partial charge in [0.25, 0.3) is 0 Å². The zero-order chi connectivity index (χ0) is 24.0. The number of anilines is 1. The Hall–Kier alpha value is -3.03. The van der Waals surface area contributed by atoms with Gasteiger partial charge >= 0.3 is 0 Å². The van der Waals surface area contributed by atoms with E-state index in [2.05, 4.69) is 15.8 Å². The average molecular weight is 487 g/mol. The molecule has 0 bridgehead atoms. The third kappa shape index (κ3) is 6.27. The van der Waals surface area contributed by atoms with E-state index in [0.717, 1.165) is 0 Å². The lowest BCUT2D eigenvalue weighted by atomic mass is 9.96. The molecule has 0 atom stereocenters. The Balaban J connectivity index is 1.64. The number of pyridine rings is 1. The van der Waals surface area contributed by atoms with Gasteiger partial charge in [-0.3, -0.25) is 9.52 Å². The smallest absolute Gasteiger partial charge is 0.239 e. The molecule has 2 heterocycles. The highest BCUT2D eigenvalue weighted by Gasteiger charge is 2.29. The molecule has 1 aromatic carbocycles. The van der Waals surface area contributed by atoms with Crippen molar-refractivity contribution in [3.8, 4) is 6.07 Å². The number of aromatic nitrogens is 1. The van der Waals surface area contributed by atoms with Crippen molar-refractivity contribution in [2.24, 2.45) is 5.92 Å². The van der Waals surface area contributed by atoms with Crippen molar-refractivity contribution in [2.75, 3.05) is 24.6 Å². The zero-order valence-corrected chi connectivity index (χ0v) is 20.2. The lowest BCUT2D eigenvalue weighted by molar-refractivity contribution is -0.123. The van der Waals surface area contributed by atoms with Gasteiger partial charge in [0.2, 0.25) is 15.9 Å². The molecule has 1 saturated heterocycles. The Morgan fingerprint density at radius 2 is 1.97 bits per heavy atom. The van der Waals surface area contributed by atoms with Gasteiger partial charge in [-0.05, 0) is 50.5 Å². The zero-order valence-electron chi connectivity index (χ0n) is 18.6. The maximum Gasteiger partial charge on any atom is 0.239 e. The van der Waals surface area contributed by atoms with Crippen molar-refractivity contribution < 1.29 is 17.9 Å². The molecular weight excluding hydrogens is 460 g/mol. The van der Waals surface area contributed by atoms with Crippen LogP contribution in [-0.4, -0.2) is 44.1 Å². The van der Waals surface area contributed by atoms with Gasteiger partial charge in [-0.25, -0.2) is 13.4 Å². The minimum atomic E-state index is -3.78. The number of thiocarbonyl (C=S) groups is 1. The lowest BCUT2D eigenvalue weighted by Crippen LogP contribution is -2.43. The summed E-state index contributed by atoms with van der Waals surface area (Å²) in [6.07, 6.45) is 0.911. The Bertz CT molecular complexity index is 1170. The van der Waals surface area contributed by atoms with Gasteiger partial charge in [0.1, 0.15) is 11.9 Å². The molecule has 3 rings (SSSR count). The van der Waals surface area contributed by atoms with Gasteiger partial charge in [-0.2, -0.15) is 5.26 Å². The van der Waals surface area contributed by atoms with Crippen LogP contribution >= 0.6 is 12.2 Å². The van der Waals surface area contributed by atoms with Gasteiger partial charge in [-0.1, -0.05) is 30.3 Å². The first kappa shape index (κ1) is 24.6. The summed E-state index contributed by atoms with van der Waals surface area (Å²) in [5, 5.41) is 9.94. The molecule has 1 aliphatic heterocycles. The Kier molecular flexibility index (Phi) is 8.00. The fourth-order valence-electron chi connectivity index (χ4n) is 3.75. The maximum absolute atomic E-state index is 12.6. The maximum atomic E-state index is 12.6. The molecule has 174 valence electrons. The number of hydrogen-bond acceptors (Lipinski definition) is 8. The van der Waals surface area contributed by atoms with E-state index >= 15 is 0 Å². The number of benzene rings is 1. The molecule has 10 heteroatoms. The van der Waals surface area contributed by atoms with Gasteiger partial charge in [0, 0.05) is 19.0 Å². The van der Waals surface area contributed by atoms with Gasteiger partial charge in [0.15, 0.2) is 5.05 Å². The van der Waals surface area contributed by atoms with E-state index in [0.29, 0.717) is 65.8 Å². The molecule has 0 spiro atoms. The monoisotopic (exact) mass is 486 g/mol. The standard InChI is InChI=1S/C23H26N4O4S2/c1-3-31-23(32)20-13-19(14-24)21(25-16(20)2)27-11-9-18(10-12-27)22(28)26-33(29,30)15-17-7-5-4-6-8-17/h4-8,13,18H,3,9-12,15H2,1-2H3,(H,26,28). The number of rotatable bonds is 7. The van der Waals surface area contributed by atoms with Crippen molar-refractivity contribution >= 4 is 39.0 Å². The fourth-order valence-corrected chi connectivity index (χ4v) is 5.25. The molecule has 0 unspecified atom stereocenters. The molecule has 1 N–H and O–H groups in total. The number of carbonyl (C=O) groups is 1.